The molecule has 1 unspecified atom stereocenters. The van der Waals surface area contributed by atoms with E-state index in [9.17, 15) is 19.5 Å². The molecule has 2 aliphatic carbocycles. The van der Waals surface area contributed by atoms with E-state index in [0.717, 1.165) is 23.3 Å². The Labute approximate surface area is 138 Å². The second-order valence-electron chi connectivity index (χ2n) is 6.22. The fraction of sp³-hybridized carbons (Fsp3) is 0.588. The smallest absolute Gasteiger partial charge is 0.337 e. The number of ether oxygens (including phenoxy) is 1. The molecule has 1 heterocycles. The van der Waals surface area contributed by atoms with E-state index in [1.54, 1.807) is 6.92 Å². The monoisotopic (exact) mass is 336 g/mol. The third kappa shape index (κ3) is 3.32. The van der Waals surface area contributed by atoms with Gasteiger partial charge in [0.25, 0.3) is 0 Å². The summed E-state index contributed by atoms with van der Waals surface area (Å²) in [5.41, 5.74) is 0.999. The molecule has 0 radical (unpaired) electrons. The summed E-state index contributed by atoms with van der Waals surface area (Å²) >= 11 is 1.44. The van der Waals surface area contributed by atoms with Gasteiger partial charge in [-0.15, -0.1) is 11.3 Å². The van der Waals surface area contributed by atoms with Gasteiger partial charge < -0.3 is 9.84 Å². The first-order chi connectivity index (χ1) is 11.0. The van der Waals surface area contributed by atoms with Gasteiger partial charge in [-0.1, -0.05) is 0 Å². The Morgan fingerprint density at radius 2 is 1.96 bits per heavy atom. The van der Waals surface area contributed by atoms with Crippen LogP contribution in [0.1, 0.15) is 51.9 Å². The first-order valence-electron chi connectivity index (χ1n) is 8.07. The Kier molecular flexibility index (Phi) is 4.53. The van der Waals surface area contributed by atoms with Crippen molar-refractivity contribution in [3.8, 4) is 0 Å². The Balaban J connectivity index is 1.86. The lowest BCUT2D eigenvalue weighted by Crippen LogP contribution is -2.25. The number of hydrogen-bond donors (Lipinski definition) is 1. The van der Waals surface area contributed by atoms with Crippen LogP contribution < -0.4 is 0 Å². The minimum atomic E-state index is -0.995. The summed E-state index contributed by atoms with van der Waals surface area (Å²) in [6.07, 6.45) is 3.84. The molecule has 0 aromatic carbocycles. The Hall–Kier alpha value is -1.69. The SMILES string of the molecule is CCOC(=O)C1CCc2sc(CC(=O)C3CC3)c(C(=O)O)c2C1. The standard InChI is InChI=1S/C17H20O5S/c1-2-22-17(21)10-5-6-13-11(7-10)15(16(19)20)14(23-13)8-12(18)9-3-4-9/h9-10H,2-8H2,1H3,(H,19,20). The summed E-state index contributed by atoms with van der Waals surface area (Å²) in [6, 6.07) is 0. The second-order valence-corrected chi connectivity index (χ2v) is 7.41. The van der Waals surface area contributed by atoms with Crippen LogP contribution in [0.5, 0.6) is 0 Å². The normalized spacial score (nSPS) is 20.0. The molecule has 1 saturated carbocycles. The first-order valence-corrected chi connectivity index (χ1v) is 8.89. The van der Waals surface area contributed by atoms with Crippen molar-refractivity contribution in [1.82, 2.24) is 0 Å². The molecule has 124 valence electrons. The summed E-state index contributed by atoms with van der Waals surface area (Å²) in [7, 11) is 0. The van der Waals surface area contributed by atoms with Crippen LogP contribution in [0.15, 0.2) is 0 Å². The molecule has 1 atom stereocenters. The number of aromatic carboxylic acids is 1. The Morgan fingerprint density at radius 3 is 2.57 bits per heavy atom. The minimum Gasteiger partial charge on any atom is -0.478 e. The van der Waals surface area contributed by atoms with Crippen molar-refractivity contribution in [3.63, 3.8) is 0 Å². The number of carbonyl (C=O) groups excluding carboxylic acids is 2. The molecule has 1 fully saturated rings. The summed E-state index contributed by atoms with van der Waals surface area (Å²) < 4.78 is 5.07. The van der Waals surface area contributed by atoms with Crippen LogP contribution in [-0.2, 0) is 33.6 Å². The van der Waals surface area contributed by atoms with Crippen LogP contribution in [0.4, 0.5) is 0 Å². The molecule has 5 nitrogen and oxygen atoms in total. The van der Waals surface area contributed by atoms with E-state index in [2.05, 4.69) is 0 Å². The molecule has 0 saturated heterocycles. The average molecular weight is 336 g/mol. The van der Waals surface area contributed by atoms with Crippen molar-refractivity contribution in [3.05, 3.63) is 20.9 Å². The molecule has 3 rings (SSSR count). The molecule has 1 aromatic heterocycles. The van der Waals surface area contributed by atoms with E-state index >= 15 is 0 Å². The summed E-state index contributed by atoms with van der Waals surface area (Å²) in [5, 5.41) is 9.59. The molecule has 0 spiro atoms. The molecule has 2 aliphatic rings. The van der Waals surface area contributed by atoms with Gasteiger partial charge in [-0.25, -0.2) is 4.79 Å². The van der Waals surface area contributed by atoms with Crippen molar-refractivity contribution in [2.75, 3.05) is 6.61 Å². The van der Waals surface area contributed by atoms with Crippen LogP contribution >= 0.6 is 11.3 Å². The van der Waals surface area contributed by atoms with Crippen molar-refractivity contribution in [1.29, 1.82) is 0 Å². The van der Waals surface area contributed by atoms with Gasteiger partial charge in [-0.05, 0) is 44.6 Å². The van der Waals surface area contributed by atoms with E-state index in [1.807, 2.05) is 0 Å². The zero-order valence-electron chi connectivity index (χ0n) is 13.1. The van der Waals surface area contributed by atoms with Gasteiger partial charge in [-0.3, -0.25) is 9.59 Å². The van der Waals surface area contributed by atoms with Crippen LogP contribution in [0.3, 0.4) is 0 Å². The van der Waals surface area contributed by atoms with Gasteiger partial charge in [0, 0.05) is 22.1 Å². The average Bonchev–Trinajstić information content (AvgIpc) is 3.28. The fourth-order valence-electron chi connectivity index (χ4n) is 3.18. The zero-order valence-corrected chi connectivity index (χ0v) is 13.9. The molecule has 0 bridgehead atoms. The van der Waals surface area contributed by atoms with Gasteiger partial charge in [-0.2, -0.15) is 0 Å². The largest absolute Gasteiger partial charge is 0.478 e. The number of fused-ring (bicyclic) bond motifs is 1. The molecule has 0 amide bonds. The molecule has 6 heteroatoms. The van der Waals surface area contributed by atoms with Gasteiger partial charge >= 0.3 is 11.9 Å². The summed E-state index contributed by atoms with van der Waals surface area (Å²) in [5.74, 6) is -1.25. The highest BCUT2D eigenvalue weighted by molar-refractivity contribution is 7.12. The van der Waals surface area contributed by atoms with Gasteiger partial charge in [0.1, 0.15) is 5.78 Å². The second kappa shape index (κ2) is 6.43. The third-order valence-corrected chi connectivity index (χ3v) is 5.83. The lowest BCUT2D eigenvalue weighted by atomic mass is 9.86. The van der Waals surface area contributed by atoms with Crippen LogP contribution in [0.25, 0.3) is 0 Å². The van der Waals surface area contributed by atoms with Crippen LogP contribution in [-0.4, -0.2) is 29.4 Å². The van der Waals surface area contributed by atoms with Crippen molar-refractivity contribution >= 4 is 29.1 Å². The number of rotatable bonds is 6. The Morgan fingerprint density at radius 1 is 1.22 bits per heavy atom. The minimum absolute atomic E-state index is 0.128. The molecular weight excluding hydrogens is 316 g/mol. The van der Waals surface area contributed by atoms with Gasteiger partial charge in [0.15, 0.2) is 0 Å². The van der Waals surface area contributed by atoms with E-state index in [1.165, 1.54) is 11.3 Å². The lowest BCUT2D eigenvalue weighted by molar-refractivity contribution is -0.148. The number of carboxylic acids is 1. The van der Waals surface area contributed by atoms with E-state index in [0.29, 0.717) is 30.7 Å². The number of carboxylic acid groups (broad SMARTS) is 1. The highest BCUT2D eigenvalue weighted by Gasteiger charge is 2.35. The van der Waals surface area contributed by atoms with E-state index in [-0.39, 0.29) is 35.6 Å². The van der Waals surface area contributed by atoms with Crippen LogP contribution in [0, 0.1) is 11.8 Å². The van der Waals surface area contributed by atoms with E-state index < -0.39 is 5.97 Å². The maximum atomic E-state index is 12.1. The number of Topliss-reactive ketones (excluding diaryl/α,β-unsaturated/α-hetero) is 1. The van der Waals surface area contributed by atoms with Crippen molar-refractivity contribution in [2.45, 2.75) is 45.4 Å². The predicted octanol–water partition coefficient (Wildman–Crippen LogP) is 2.64. The van der Waals surface area contributed by atoms with Gasteiger partial charge in [0.05, 0.1) is 18.1 Å². The van der Waals surface area contributed by atoms with Crippen molar-refractivity contribution in [2.24, 2.45) is 11.8 Å². The molecular formula is C17H20O5S. The summed E-state index contributed by atoms with van der Waals surface area (Å²) in [4.78, 5) is 37.4. The molecule has 0 aliphatic heterocycles. The number of ketones is 1. The number of esters is 1. The van der Waals surface area contributed by atoms with E-state index in [4.69, 9.17) is 4.74 Å². The maximum absolute atomic E-state index is 12.1. The lowest BCUT2D eigenvalue weighted by Gasteiger charge is -2.21. The molecule has 23 heavy (non-hydrogen) atoms. The number of thiophene rings is 1. The molecule has 1 N–H and O–H groups in total. The maximum Gasteiger partial charge on any atom is 0.337 e. The first kappa shape index (κ1) is 16.2. The van der Waals surface area contributed by atoms with Gasteiger partial charge in [0.2, 0.25) is 0 Å². The highest BCUT2D eigenvalue weighted by atomic mass is 32.1. The molecule has 1 aromatic rings. The fourth-order valence-corrected chi connectivity index (χ4v) is 4.54. The van der Waals surface area contributed by atoms with Crippen molar-refractivity contribution < 1.29 is 24.2 Å². The quantitative estimate of drug-likeness (QED) is 0.808. The predicted molar refractivity (Wildman–Crippen MR) is 84.9 cm³/mol. The summed E-state index contributed by atoms with van der Waals surface area (Å²) in [6.45, 7) is 2.10. The zero-order chi connectivity index (χ0) is 16.6. The highest BCUT2D eigenvalue weighted by Crippen LogP contribution is 2.39. The number of aryl methyl sites for hydroxylation is 1. The Bertz CT molecular complexity index is 656. The van der Waals surface area contributed by atoms with Crippen LogP contribution in [0.2, 0.25) is 0 Å². The number of carbonyl (C=O) groups is 3. The number of hydrogen-bond acceptors (Lipinski definition) is 5. The third-order valence-electron chi connectivity index (χ3n) is 4.54. The topological polar surface area (TPSA) is 80.7 Å².